The smallest absolute Gasteiger partial charge is 0.228 e. The van der Waals surface area contributed by atoms with E-state index < -0.39 is 10.0 Å². The second-order valence-corrected chi connectivity index (χ2v) is 8.98. The Hall–Kier alpha value is -1.45. The van der Waals surface area contributed by atoms with Gasteiger partial charge in [-0.1, -0.05) is 0 Å². The topological polar surface area (TPSA) is 84.9 Å². The van der Waals surface area contributed by atoms with Crippen LogP contribution < -0.4 is 14.8 Å². The first kappa shape index (κ1) is 18.3. The highest BCUT2D eigenvalue weighted by Gasteiger charge is 2.30. The van der Waals surface area contributed by atoms with Gasteiger partial charge >= 0.3 is 0 Å². The Kier molecular flexibility index (Phi) is 5.45. The molecule has 25 heavy (non-hydrogen) atoms. The zero-order chi connectivity index (χ0) is 18.0. The van der Waals surface area contributed by atoms with Gasteiger partial charge in [-0.15, -0.1) is 11.8 Å². The first-order chi connectivity index (χ1) is 11.9. The molecule has 2 aliphatic rings. The van der Waals surface area contributed by atoms with Crippen molar-refractivity contribution in [2.24, 2.45) is 5.92 Å². The van der Waals surface area contributed by atoms with E-state index >= 15 is 0 Å². The van der Waals surface area contributed by atoms with Crippen molar-refractivity contribution >= 4 is 33.4 Å². The van der Waals surface area contributed by atoms with E-state index in [9.17, 15) is 13.2 Å². The highest BCUT2D eigenvalue weighted by atomic mass is 32.2. The molecule has 1 fully saturated rings. The lowest BCUT2D eigenvalue weighted by Crippen LogP contribution is -2.43. The summed E-state index contributed by atoms with van der Waals surface area (Å²) in [5.74, 6) is 0.766. The summed E-state index contributed by atoms with van der Waals surface area (Å²) in [6.45, 7) is 1.69. The van der Waals surface area contributed by atoms with Gasteiger partial charge in [0.25, 0.3) is 0 Å². The van der Waals surface area contributed by atoms with E-state index in [-0.39, 0.29) is 18.4 Å². The first-order valence-corrected chi connectivity index (χ1v) is 11.2. The van der Waals surface area contributed by atoms with Crippen LogP contribution in [-0.2, 0) is 14.8 Å². The average Bonchev–Trinajstić information content (AvgIpc) is 2.60. The van der Waals surface area contributed by atoms with Crippen molar-refractivity contribution in [3.05, 3.63) is 12.1 Å². The summed E-state index contributed by atoms with van der Waals surface area (Å²) >= 11 is 1.51. The van der Waals surface area contributed by atoms with Crippen molar-refractivity contribution in [2.75, 3.05) is 44.1 Å². The molecule has 1 saturated heterocycles. The standard InChI is InChI=1S/C16H22N2O5S2/c1-24-15-9-14-13(22-6-7-23-14)8-12(15)17-16(19)11-4-3-5-18(10-11)25(2,20)21/h8-9,11H,3-7,10H2,1-2H3,(H,17,19)/t11-/m1/s1. The third-order valence-electron chi connectivity index (χ3n) is 4.35. The van der Waals surface area contributed by atoms with Gasteiger partial charge in [0.15, 0.2) is 11.5 Å². The molecule has 2 heterocycles. The predicted molar refractivity (Wildman–Crippen MR) is 97.0 cm³/mol. The molecule has 0 unspecified atom stereocenters. The van der Waals surface area contributed by atoms with Crippen LogP contribution in [0.4, 0.5) is 5.69 Å². The molecule has 0 bridgehead atoms. The SMILES string of the molecule is CSc1cc2c(cc1NC(=O)[C@@H]1CCCN(S(C)(=O)=O)C1)OCCO2. The fraction of sp³-hybridized carbons (Fsp3) is 0.562. The van der Waals surface area contributed by atoms with Crippen LogP contribution in [0.2, 0.25) is 0 Å². The van der Waals surface area contributed by atoms with E-state index in [0.29, 0.717) is 49.8 Å². The van der Waals surface area contributed by atoms with Gasteiger partial charge in [-0.25, -0.2) is 12.7 Å². The van der Waals surface area contributed by atoms with Crippen molar-refractivity contribution in [1.82, 2.24) is 4.31 Å². The molecule has 1 aromatic carbocycles. The van der Waals surface area contributed by atoms with E-state index in [0.717, 1.165) is 4.90 Å². The van der Waals surface area contributed by atoms with Crippen LogP contribution in [0.5, 0.6) is 11.5 Å². The van der Waals surface area contributed by atoms with Gasteiger partial charge in [-0.3, -0.25) is 4.79 Å². The Labute approximate surface area is 152 Å². The summed E-state index contributed by atoms with van der Waals surface area (Å²) in [6.07, 6.45) is 4.46. The quantitative estimate of drug-likeness (QED) is 0.794. The molecule has 0 spiro atoms. The lowest BCUT2D eigenvalue weighted by Gasteiger charge is -2.30. The Balaban J connectivity index is 1.76. The zero-order valence-electron chi connectivity index (χ0n) is 14.3. The second kappa shape index (κ2) is 7.43. The summed E-state index contributed by atoms with van der Waals surface area (Å²) in [4.78, 5) is 13.5. The first-order valence-electron chi connectivity index (χ1n) is 8.12. The molecule has 0 radical (unpaired) electrons. The predicted octanol–water partition coefficient (Wildman–Crippen LogP) is 1.79. The number of thioether (sulfide) groups is 1. The fourth-order valence-corrected chi connectivity index (χ4v) is 4.50. The van der Waals surface area contributed by atoms with Crippen LogP contribution in [0.25, 0.3) is 0 Å². The van der Waals surface area contributed by atoms with E-state index in [2.05, 4.69) is 5.32 Å². The monoisotopic (exact) mass is 386 g/mol. The number of rotatable bonds is 4. The fourth-order valence-electron chi connectivity index (χ4n) is 3.03. The van der Waals surface area contributed by atoms with Crippen molar-refractivity contribution in [3.63, 3.8) is 0 Å². The largest absolute Gasteiger partial charge is 0.486 e. The molecular formula is C16H22N2O5S2. The van der Waals surface area contributed by atoms with Crippen molar-refractivity contribution < 1.29 is 22.7 Å². The Morgan fingerprint density at radius 3 is 2.60 bits per heavy atom. The molecule has 1 N–H and O–H groups in total. The van der Waals surface area contributed by atoms with Gasteiger partial charge in [-0.2, -0.15) is 0 Å². The minimum absolute atomic E-state index is 0.166. The molecule has 7 nitrogen and oxygen atoms in total. The number of benzene rings is 1. The van der Waals surface area contributed by atoms with Gasteiger partial charge in [-0.05, 0) is 25.2 Å². The third kappa shape index (κ3) is 4.21. The number of anilines is 1. The van der Waals surface area contributed by atoms with Gasteiger partial charge in [0.2, 0.25) is 15.9 Å². The van der Waals surface area contributed by atoms with Gasteiger partial charge in [0.1, 0.15) is 13.2 Å². The third-order valence-corrected chi connectivity index (χ3v) is 6.39. The number of hydrogen-bond donors (Lipinski definition) is 1. The molecule has 0 aromatic heterocycles. The van der Waals surface area contributed by atoms with E-state index in [1.165, 1.54) is 22.3 Å². The number of carbonyl (C=O) groups is 1. The van der Waals surface area contributed by atoms with Crippen molar-refractivity contribution in [2.45, 2.75) is 17.7 Å². The molecule has 1 atom stereocenters. The maximum atomic E-state index is 12.7. The maximum Gasteiger partial charge on any atom is 0.228 e. The molecule has 0 saturated carbocycles. The average molecular weight is 386 g/mol. The molecule has 3 rings (SSSR count). The summed E-state index contributed by atoms with van der Waals surface area (Å²) in [6, 6.07) is 3.63. The Bertz CT molecular complexity index is 766. The number of nitrogens with one attached hydrogen (secondary N) is 1. The minimum atomic E-state index is -3.28. The molecule has 138 valence electrons. The Morgan fingerprint density at radius 1 is 1.28 bits per heavy atom. The van der Waals surface area contributed by atoms with Crippen LogP contribution in [0, 0.1) is 5.92 Å². The summed E-state index contributed by atoms with van der Waals surface area (Å²) < 4.78 is 36.0. The second-order valence-electron chi connectivity index (χ2n) is 6.15. The van der Waals surface area contributed by atoms with Gasteiger partial charge in [0, 0.05) is 24.1 Å². The number of hydrogen-bond acceptors (Lipinski definition) is 6. The number of carbonyl (C=O) groups excluding carboxylic acids is 1. The number of amides is 1. The lowest BCUT2D eigenvalue weighted by atomic mass is 9.98. The highest BCUT2D eigenvalue weighted by molar-refractivity contribution is 7.98. The van der Waals surface area contributed by atoms with Crippen LogP contribution in [0.1, 0.15) is 12.8 Å². The molecule has 1 amide bonds. The van der Waals surface area contributed by atoms with Crippen LogP contribution in [0.3, 0.4) is 0 Å². The van der Waals surface area contributed by atoms with Gasteiger partial charge in [0.05, 0.1) is 17.9 Å². The molecule has 1 aromatic rings. The summed E-state index contributed by atoms with van der Waals surface area (Å²) in [5.41, 5.74) is 0.665. The molecule has 2 aliphatic heterocycles. The molecular weight excluding hydrogens is 364 g/mol. The van der Waals surface area contributed by atoms with Crippen LogP contribution >= 0.6 is 11.8 Å². The summed E-state index contributed by atoms with van der Waals surface area (Å²) in [7, 11) is -3.28. The van der Waals surface area contributed by atoms with Crippen LogP contribution in [0.15, 0.2) is 17.0 Å². The number of piperidine rings is 1. The van der Waals surface area contributed by atoms with Crippen molar-refractivity contribution in [1.29, 1.82) is 0 Å². The van der Waals surface area contributed by atoms with Crippen molar-refractivity contribution in [3.8, 4) is 11.5 Å². The molecule has 0 aliphatic carbocycles. The van der Waals surface area contributed by atoms with Crippen LogP contribution in [-0.4, -0.2) is 57.4 Å². The van der Waals surface area contributed by atoms with E-state index in [1.807, 2.05) is 12.3 Å². The number of fused-ring (bicyclic) bond motifs is 1. The maximum absolute atomic E-state index is 12.7. The lowest BCUT2D eigenvalue weighted by molar-refractivity contribution is -0.120. The Morgan fingerprint density at radius 2 is 1.96 bits per heavy atom. The van der Waals surface area contributed by atoms with E-state index in [4.69, 9.17) is 9.47 Å². The number of nitrogens with zero attached hydrogens (tertiary/aromatic N) is 1. The minimum Gasteiger partial charge on any atom is -0.486 e. The zero-order valence-corrected chi connectivity index (χ0v) is 15.9. The van der Waals surface area contributed by atoms with E-state index in [1.54, 1.807) is 6.07 Å². The highest BCUT2D eigenvalue weighted by Crippen LogP contribution is 2.39. The molecule has 9 heteroatoms. The van der Waals surface area contributed by atoms with Gasteiger partial charge < -0.3 is 14.8 Å². The normalized spacial score (nSPS) is 21.0. The number of ether oxygens (including phenoxy) is 2. The number of sulfonamides is 1. The summed E-state index contributed by atoms with van der Waals surface area (Å²) in [5, 5.41) is 2.94.